The number of carboxylic acid groups (broad SMARTS) is 1. The fourth-order valence-corrected chi connectivity index (χ4v) is 2.66. The normalized spacial score (nSPS) is 19.1. The zero-order chi connectivity index (χ0) is 14.3. The molecule has 2 atom stereocenters. The van der Waals surface area contributed by atoms with Crippen LogP contribution in [0, 0.1) is 11.8 Å². The van der Waals surface area contributed by atoms with E-state index in [4.69, 9.17) is 9.84 Å². The van der Waals surface area contributed by atoms with E-state index in [-0.39, 0.29) is 11.8 Å². The molecule has 1 fully saturated rings. The van der Waals surface area contributed by atoms with Crippen molar-refractivity contribution >= 4 is 11.9 Å². The second-order valence-corrected chi connectivity index (χ2v) is 5.47. The molecule has 5 nitrogen and oxygen atoms in total. The number of ether oxygens (including phenoxy) is 1. The molecule has 1 aliphatic carbocycles. The van der Waals surface area contributed by atoms with E-state index >= 15 is 0 Å². The lowest BCUT2D eigenvalue weighted by Gasteiger charge is -2.19. The van der Waals surface area contributed by atoms with Crippen molar-refractivity contribution in [3.63, 3.8) is 0 Å². The van der Waals surface area contributed by atoms with Crippen molar-refractivity contribution in [1.29, 1.82) is 0 Å². The Morgan fingerprint density at radius 2 is 2.00 bits per heavy atom. The van der Waals surface area contributed by atoms with Crippen LogP contribution in [0.25, 0.3) is 0 Å². The summed E-state index contributed by atoms with van der Waals surface area (Å²) in [6.45, 7) is 2.21. The quantitative estimate of drug-likeness (QED) is 0.706. The highest BCUT2D eigenvalue weighted by atomic mass is 16.5. The first-order valence-corrected chi connectivity index (χ1v) is 7.06. The van der Waals surface area contributed by atoms with Crippen molar-refractivity contribution in [2.45, 2.75) is 51.5 Å². The third kappa shape index (κ3) is 5.59. The number of carbonyl (C=O) groups is 2. The zero-order valence-corrected chi connectivity index (χ0v) is 11.9. The molecule has 19 heavy (non-hydrogen) atoms. The first-order valence-electron chi connectivity index (χ1n) is 7.06. The number of methoxy groups -OCH3 is 1. The van der Waals surface area contributed by atoms with Gasteiger partial charge in [0.05, 0.1) is 0 Å². The minimum atomic E-state index is -1.00. The number of hydrogen-bond acceptors (Lipinski definition) is 3. The number of rotatable bonds is 8. The molecule has 0 bridgehead atoms. The molecular formula is C14H25NO4. The van der Waals surface area contributed by atoms with Gasteiger partial charge >= 0.3 is 5.97 Å². The monoisotopic (exact) mass is 271 g/mol. The molecule has 0 aromatic rings. The van der Waals surface area contributed by atoms with E-state index in [9.17, 15) is 9.59 Å². The molecule has 0 aliphatic heterocycles. The minimum absolute atomic E-state index is 0.118. The summed E-state index contributed by atoms with van der Waals surface area (Å²) in [4.78, 5) is 23.0. The van der Waals surface area contributed by atoms with Gasteiger partial charge in [0.2, 0.25) is 5.91 Å². The Balaban J connectivity index is 2.38. The van der Waals surface area contributed by atoms with Crippen LogP contribution in [0.2, 0.25) is 0 Å². The first kappa shape index (κ1) is 16.0. The van der Waals surface area contributed by atoms with E-state index in [2.05, 4.69) is 5.32 Å². The lowest BCUT2D eigenvalue weighted by molar-refractivity contribution is -0.143. The van der Waals surface area contributed by atoms with Crippen molar-refractivity contribution in [3.05, 3.63) is 0 Å². The summed E-state index contributed by atoms with van der Waals surface area (Å²) in [5, 5.41) is 11.7. The second kappa shape index (κ2) is 8.15. The number of hydrogen-bond donors (Lipinski definition) is 2. The van der Waals surface area contributed by atoms with Gasteiger partial charge in [-0.3, -0.25) is 4.79 Å². The van der Waals surface area contributed by atoms with Crippen molar-refractivity contribution in [1.82, 2.24) is 5.32 Å². The largest absolute Gasteiger partial charge is 0.480 e. The Morgan fingerprint density at radius 1 is 1.37 bits per heavy atom. The van der Waals surface area contributed by atoms with Crippen LogP contribution in [0.1, 0.15) is 45.4 Å². The predicted molar refractivity (Wildman–Crippen MR) is 71.8 cm³/mol. The van der Waals surface area contributed by atoms with Crippen molar-refractivity contribution in [3.8, 4) is 0 Å². The van der Waals surface area contributed by atoms with Gasteiger partial charge in [-0.15, -0.1) is 0 Å². The molecule has 0 aromatic heterocycles. The summed E-state index contributed by atoms with van der Waals surface area (Å²) < 4.78 is 4.86. The SMILES string of the molecule is COCCC(NC(=O)C(C)CC1CCCC1)C(=O)O. The molecule has 1 rings (SSSR count). The Kier molecular flexibility index (Phi) is 6.84. The minimum Gasteiger partial charge on any atom is -0.480 e. The van der Waals surface area contributed by atoms with Crippen LogP contribution in [0.4, 0.5) is 0 Å². The van der Waals surface area contributed by atoms with Gasteiger partial charge in [0.1, 0.15) is 6.04 Å². The fraction of sp³-hybridized carbons (Fsp3) is 0.857. The van der Waals surface area contributed by atoms with Gasteiger partial charge in [-0.2, -0.15) is 0 Å². The summed E-state index contributed by atoms with van der Waals surface area (Å²) in [7, 11) is 1.52. The fourth-order valence-electron chi connectivity index (χ4n) is 2.66. The van der Waals surface area contributed by atoms with Gasteiger partial charge in [0, 0.05) is 26.1 Å². The summed E-state index contributed by atoms with van der Waals surface area (Å²) in [6.07, 6.45) is 6.07. The standard InChI is InChI=1S/C14H25NO4/c1-10(9-11-5-3-4-6-11)13(16)15-12(14(17)18)7-8-19-2/h10-12H,3-9H2,1-2H3,(H,15,16)(H,17,18). The van der Waals surface area contributed by atoms with Gasteiger partial charge < -0.3 is 15.2 Å². The second-order valence-electron chi connectivity index (χ2n) is 5.47. The topological polar surface area (TPSA) is 75.6 Å². The number of carboxylic acids is 1. The molecule has 1 saturated carbocycles. The maximum absolute atomic E-state index is 12.0. The van der Waals surface area contributed by atoms with E-state index in [0.717, 1.165) is 6.42 Å². The summed E-state index contributed by atoms with van der Waals surface area (Å²) in [5.41, 5.74) is 0. The molecule has 0 spiro atoms. The van der Waals surface area contributed by atoms with Crippen LogP contribution in [-0.2, 0) is 14.3 Å². The number of amides is 1. The van der Waals surface area contributed by atoms with E-state index in [0.29, 0.717) is 18.9 Å². The van der Waals surface area contributed by atoms with Crippen LogP contribution < -0.4 is 5.32 Å². The predicted octanol–water partition coefficient (Wildman–Crippen LogP) is 1.81. The molecule has 2 unspecified atom stereocenters. The number of aliphatic carboxylic acids is 1. The Hall–Kier alpha value is -1.10. The summed E-state index contributed by atoms with van der Waals surface area (Å²) >= 11 is 0. The molecule has 1 amide bonds. The smallest absolute Gasteiger partial charge is 0.326 e. The number of carbonyl (C=O) groups excluding carboxylic acids is 1. The van der Waals surface area contributed by atoms with Crippen molar-refractivity contribution in [2.75, 3.05) is 13.7 Å². The molecule has 0 saturated heterocycles. The summed E-state index contributed by atoms with van der Waals surface area (Å²) in [5.74, 6) is -0.649. The van der Waals surface area contributed by atoms with E-state index in [1.807, 2.05) is 6.92 Å². The highest BCUT2D eigenvalue weighted by Crippen LogP contribution is 2.30. The summed E-state index contributed by atoms with van der Waals surface area (Å²) in [6, 6.07) is -0.849. The first-order chi connectivity index (χ1) is 9.04. The molecule has 1 aliphatic rings. The molecule has 110 valence electrons. The molecule has 0 aromatic carbocycles. The van der Waals surface area contributed by atoms with Gasteiger partial charge in [-0.25, -0.2) is 4.79 Å². The Bertz CT molecular complexity index is 300. The van der Waals surface area contributed by atoms with Gasteiger partial charge in [-0.05, 0) is 12.3 Å². The van der Waals surface area contributed by atoms with Crippen LogP contribution in [0.5, 0.6) is 0 Å². The Labute approximate surface area is 114 Å². The van der Waals surface area contributed by atoms with Crippen LogP contribution >= 0.6 is 0 Å². The molecular weight excluding hydrogens is 246 g/mol. The average molecular weight is 271 g/mol. The van der Waals surface area contributed by atoms with Gasteiger partial charge in [-0.1, -0.05) is 32.6 Å². The van der Waals surface area contributed by atoms with Crippen LogP contribution in [-0.4, -0.2) is 36.7 Å². The van der Waals surface area contributed by atoms with Crippen molar-refractivity contribution < 1.29 is 19.4 Å². The lowest BCUT2D eigenvalue weighted by Crippen LogP contribution is -2.44. The molecule has 2 N–H and O–H groups in total. The highest BCUT2D eigenvalue weighted by Gasteiger charge is 2.25. The molecule has 0 radical (unpaired) electrons. The molecule has 5 heteroatoms. The maximum Gasteiger partial charge on any atom is 0.326 e. The van der Waals surface area contributed by atoms with E-state index in [1.54, 1.807) is 0 Å². The van der Waals surface area contributed by atoms with Crippen LogP contribution in [0.15, 0.2) is 0 Å². The zero-order valence-electron chi connectivity index (χ0n) is 11.9. The van der Waals surface area contributed by atoms with Gasteiger partial charge in [0.15, 0.2) is 0 Å². The third-order valence-electron chi connectivity index (χ3n) is 3.83. The maximum atomic E-state index is 12.0. The van der Waals surface area contributed by atoms with E-state index in [1.165, 1.54) is 32.8 Å². The van der Waals surface area contributed by atoms with Crippen molar-refractivity contribution in [2.24, 2.45) is 11.8 Å². The highest BCUT2D eigenvalue weighted by molar-refractivity contribution is 5.84. The molecule has 0 heterocycles. The average Bonchev–Trinajstić information content (AvgIpc) is 2.86. The van der Waals surface area contributed by atoms with E-state index < -0.39 is 12.0 Å². The van der Waals surface area contributed by atoms with Crippen LogP contribution in [0.3, 0.4) is 0 Å². The number of nitrogens with one attached hydrogen (secondary N) is 1. The Morgan fingerprint density at radius 3 is 2.53 bits per heavy atom. The lowest BCUT2D eigenvalue weighted by atomic mass is 9.94. The van der Waals surface area contributed by atoms with Gasteiger partial charge in [0.25, 0.3) is 0 Å². The third-order valence-corrected chi connectivity index (χ3v) is 3.83.